The van der Waals surface area contributed by atoms with Gasteiger partial charge in [0.1, 0.15) is 40.3 Å². The minimum Gasteiger partial charge on any atom is -0.493 e. The van der Waals surface area contributed by atoms with E-state index in [1.165, 1.54) is 19.2 Å². The summed E-state index contributed by atoms with van der Waals surface area (Å²) in [7, 11) is 2.18. The lowest BCUT2D eigenvalue weighted by Crippen LogP contribution is -2.18. The first-order valence-corrected chi connectivity index (χ1v) is 19.6. The molecule has 4 heterocycles. The summed E-state index contributed by atoms with van der Waals surface area (Å²) in [6.45, 7) is 0. The molecule has 0 unspecified atom stereocenters. The Morgan fingerprint density at radius 2 is 1.08 bits per heavy atom. The second kappa shape index (κ2) is 19.2. The largest absolute Gasteiger partial charge is 0.493 e. The average Bonchev–Trinajstić information content (AvgIpc) is 3.30. The number of nitrogens with zero attached hydrogens (tertiary/aromatic N) is 2. The molecule has 0 saturated heterocycles. The number of nitrogens with one attached hydrogen (secondary N) is 2. The molecule has 0 aliphatic rings. The molecule has 0 saturated carbocycles. The molecule has 0 aliphatic heterocycles. The predicted octanol–water partition coefficient (Wildman–Crippen LogP) is 9.71. The number of ether oxygens (including phenoxy) is 4. The number of fused-ring (bicyclic) bond motifs is 2. The van der Waals surface area contributed by atoms with Crippen LogP contribution in [0.5, 0.6) is 34.5 Å². The van der Waals surface area contributed by atoms with E-state index >= 15 is 4.39 Å². The van der Waals surface area contributed by atoms with E-state index in [0.29, 0.717) is 24.3 Å². The normalized spacial score (nSPS) is 11.5. The number of amides is 2. The third kappa shape index (κ3) is 9.95. The molecule has 8 rings (SSSR count). The highest BCUT2D eigenvalue weighted by atomic mass is 19.4. The summed E-state index contributed by atoms with van der Waals surface area (Å²) in [5.41, 5.74) is 3.02. The molecule has 4 aromatic heterocycles. The number of hydrogen-bond donors (Lipinski definition) is 4. The Kier molecular flexibility index (Phi) is 13.5. The van der Waals surface area contributed by atoms with Crippen LogP contribution in [0.15, 0.2) is 101 Å². The van der Waals surface area contributed by atoms with E-state index in [2.05, 4.69) is 19.9 Å². The summed E-state index contributed by atoms with van der Waals surface area (Å²) >= 11 is 0. The number of methoxy groups -OCH3 is 2. The highest BCUT2D eigenvalue weighted by Crippen LogP contribution is 2.45. The Balaban J connectivity index is 0.000000209. The van der Waals surface area contributed by atoms with Crippen LogP contribution in [0.2, 0.25) is 0 Å². The van der Waals surface area contributed by atoms with Gasteiger partial charge in [-0.3, -0.25) is 29.1 Å². The zero-order valence-corrected chi connectivity index (χ0v) is 35.6. The zero-order chi connectivity index (χ0) is 51.9. The van der Waals surface area contributed by atoms with E-state index in [-0.39, 0.29) is 61.6 Å². The molecule has 14 nitrogen and oxygen atoms in total. The number of aromatic nitrogens is 4. The maximum atomic E-state index is 15.3. The van der Waals surface area contributed by atoms with Crippen LogP contribution in [-0.4, -0.2) is 46.0 Å². The van der Waals surface area contributed by atoms with Crippen molar-refractivity contribution in [3.8, 4) is 57.0 Å². The van der Waals surface area contributed by atoms with Crippen LogP contribution in [-0.2, 0) is 12.4 Å². The number of carbonyl (C=O) groups excluding carboxylic acids is 2. The topological polar surface area (TPSA) is 215 Å². The molecule has 8 aromatic rings. The van der Waals surface area contributed by atoms with Crippen molar-refractivity contribution in [3.05, 3.63) is 163 Å². The summed E-state index contributed by atoms with van der Waals surface area (Å²) in [4.78, 5) is 61.6. The molecule has 4 aromatic carbocycles. The standard InChI is InChI=1S/C23H13F6N3O4.C23H14F5N3O4/c1-35-21-16(3-2-11(24)19(21)26)36-17-7-10(23(27,28)29)12(25)6-9(17)14-8-15(33)18-13(32-14)4-5-31-20(18)22(30)34;1-34-17-8-10(24)2-4-15(17)35-16-5-3-11(23(26,27)28)20(25)19(16)13-9-14(32)18-12(31-13)6-7-30-21(18)22(29)33/h2-8H,1H3,(H2,30,34)(H,32,33);2-9H,1H3,(H2,29,33)(H,31,32). The second-order valence-corrected chi connectivity index (χ2v) is 14.5. The van der Waals surface area contributed by atoms with Crippen molar-refractivity contribution in [2.24, 2.45) is 11.5 Å². The van der Waals surface area contributed by atoms with Crippen molar-refractivity contribution in [3.63, 3.8) is 0 Å². The summed E-state index contributed by atoms with van der Waals surface area (Å²) in [5.74, 6) is -11.5. The summed E-state index contributed by atoms with van der Waals surface area (Å²) in [6.07, 6.45) is -7.91. The molecule has 0 fully saturated rings. The number of halogens is 11. The lowest BCUT2D eigenvalue weighted by atomic mass is 10.0. The first kappa shape index (κ1) is 49.9. The number of aromatic amines is 2. The lowest BCUT2D eigenvalue weighted by molar-refractivity contribution is -0.140. The number of hydrogen-bond acceptors (Lipinski definition) is 10. The highest BCUT2D eigenvalue weighted by Gasteiger charge is 2.38. The first-order valence-electron chi connectivity index (χ1n) is 19.6. The number of pyridine rings is 4. The maximum absolute atomic E-state index is 15.3. The molecule has 0 aliphatic carbocycles. The number of H-pyrrole nitrogens is 2. The van der Waals surface area contributed by atoms with Gasteiger partial charge in [0, 0.05) is 36.2 Å². The van der Waals surface area contributed by atoms with E-state index in [1.807, 2.05) is 0 Å². The van der Waals surface area contributed by atoms with Gasteiger partial charge in [0.2, 0.25) is 11.6 Å². The monoisotopic (exact) mass is 1000 g/mol. The Bertz CT molecular complexity index is 3580. The fraction of sp³-hybridized carbons (Fsp3) is 0.0870. The summed E-state index contributed by atoms with van der Waals surface area (Å²) in [6, 6.07) is 11.0. The van der Waals surface area contributed by atoms with Crippen LogP contribution in [0, 0.1) is 29.1 Å². The van der Waals surface area contributed by atoms with Crippen molar-refractivity contribution in [2.45, 2.75) is 12.4 Å². The van der Waals surface area contributed by atoms with E-state index in [1.54, 1.807) is 0 Å². The molecule has 0 spiro atoms. The number of nitrogens with two attached hydrogens (primary N) is 2. The molecular formula is C46H27F11N6O8. The second-order valence-electron chi connectivity index (χ2n) is 14.5. The van der Waals surface area contributed by atoms with Crippen molar-refractivity contribution in [1.29, 1.82) is 0 Å². The number of rotatable bonds is 10. The van der Waals surface area contributed by atoms with Gasteiger partial charge in [0.05, 0.1) is 64.1 Å². The Labute approximate surface area is 388 Å². The molecule has 71 heavy (non-hydrogen) atoms. The molecule has 25 heteroatoms. The van der Waals surface area contributed by atoms with Crippen LogP contribution in [0.4, 0.5) is 48.3 Å². The van der Waals surface area contributed by atoms with Gasteiger partial charge in [0.15, 0.2) is 33.9 Å². The number of primary amides is 2. The van der Waals surface area contributed by atoms with E-state index in [4.69, 9.17) is 30.4 Å². The molecule has 366 valence electrons. The van der Waals surface area contributed by atoms with Crippen molar-refractivity contribution >= 4 is 33.6 Å². The van der Waals surface area contributed by atoms with Gasteiger partial charge < -0.3 is 40.4 Å². The third-order valence-corrected chi connectivity index (χ3v) is 10.1. The van der Waals surface area contributed by atoms with E-state index < -0.39 is 104 Å². The van der Waals surface area contributed by atoms with Crippen LogP contribution in [0.3, 0.4) is 0 Å². The first-order chi connectivity index (χ1) is 33.4. The molecule has 0 radical (unpaired) electrons. The Morgan fingerprint density at radius 1 is 0.549 bits per heavy atom. The smallest absolute Gasteiger partial charge is 0.419 e. The predicted molar refractivity (Wildman–Crippen MR) is 229 cm³/mol. The van der Waals surface area contributed by atoms with E-state index in [9.17, 15) is 63.1 Å². The highest BCUT2D eigenvalue weighted by molar-refractivity contribution is 6.04. The zero-order valence-electron chi connectivity index (χ0n) is 35.6. The van der Waals surface area contributed by atoms with Gasteiger partial charge in [-0.05, 0) is 60.7 Å². The van der Waals surface area contributed by atoms with Gasteiger partial charge in [-0.2, -0.15) is 30.7 Å². The van der Waals surface area contributed by atoms with Gasteiger partial charge >= 0.3 is 12.4 Å². The fourth-order valence-corrected chi connectivity index (χ4v) is 6.98. The van der Waals surface area contributed by atoms with Crippen LogP contribution in [0.25, 0.3) is 44.3 Å². The molecule has 2 amide bonds. The van der Waals surface area contributed by atoms with Crippen molar-refractivity contribution in [1.82, 2.24) is 19.9 Å². The number of benzene rings is 4. The van der Waals surface area contributed by atoms with Gasteiger partial charge in [-0.1, -0.05) is 0 Å². The fourth-order valence-electron chi connectivity index (χ4n) is 6.98. The van der Waals surface area contributed by atoms with Gasteiger partial charge in [0.25, 0.3) is 11.8 Å². The minimum atomic E-state index is -5.14. The Hall–Kier alpha value is -9.03. The SMILES string of the molecule is COc1c(Oc2cc(C(F)(F)F)c(F)cc2-c2cc(=O)c3c(C(N)=O)nccc3[nH]2)ccc(F)c1F.COc1cc(F)ccc1Oc1ccc(C(F)(F)F)c(F)c1-c1cc(=O)c2c(C(N)=O)nccc2[nH]1. The summed E-state index contributed by atoms with van der Waals surface area (Å²) in [5, 5.41) is -0.426. The lowest BCUT2D eigenvalue weighted by Gasteiger charge is -2.18. The van der Waals surface area contributed by atoms with Crippen LogP contribution in [0.1, 0.15) is 32.1 Å². The molecule has 0 atom stereocenters. The number of alkyl halides is 6. The maximum Gasteiger partial charge on any atom is 0.419 e. The molecular weight excluding hydrogens is 974 g/mol. The van der Waals surface area contributed by atoms with Crippen LogP contribution < -0.4 is 41.3 Å². The Morgan fingerprint density at radius 3 is 1.63 bits per heavy atom. The van der Waals surface area contributed by atoms with Crippen molar-refractivity contribution < 1.29 is 76.8 Å². The van der Waals surface area contributed by atoms with Crippen LogP contribution >= 0.6 is 0 Å². The molecule has 0 bridgehead atoms. The quantitative estimate of drug-likeness (QED) is 0.0952. The van der Waals surface area contributed by atoms with Gasteiger partial charge in [-0.15, -0.1) is 0 Å². The van der Waals surface area contributed by atoms with Crippen molar-refractivity contribution in [2.75, 3.05) is 14.2 Å². The number of carbonyl (C=O) groups is 2. The summed E-state index contributed by atoms with van der Waals surface area (Å²) < 4.78 is 173. The van der Waals surface area contributed by atoms with Gasteiger partial charge in [-0.25, -0.2) is 17.6 Å². The van der Waals surface area contributed by atoms with E-state index in [0.717, 1.165) is 62.0 Å². The minimum absolute atomic E-state index is 0.0120. The average molecular weight is 1000 g/mol. The molecule has 6 N–H and O–H groups in total. The third-order valence-electron chi connectivity index (χ3n) is 10.1.